The van der Waals surface area contributed by atoms with Gasteiger partial charge in [-0.1, -0.05) is 13.3 Å². The molecular weight excluding hydrogens is 216 g/mol. The van der Waals surface area contributed by atoms with Crippen LogP contribution in [0.5, 0.6) is 5.75 Å². The lowest BCUT2D eigenvalue weighted by Gasteiger charge is -2.11. The topological polar surface area (TPSA) is 43.4 Å². The van der Waals surface area contributed by atoms with E-state index in [0.29, 0.717) is 6.61 Å². The molecule has 0 amide bonds. The molecule has 17 heavy (non-hydrogen) atoms. The van der Waals surface area contributed by atoms with E-state index in [4.69, 9.17) is 9.47 Å². The van der Waals surface area contributed by atoms with Crippen LogP contribution in [0.1, 0.15) is 25.5 Å². The second-order valence-electron chi connectivity index (χ2n) is 3.92. The monoisotopic (exact) mass is 238 g/mol. The summed E-state index contributed by atoms with van der Waals surface area (Å²) in [5, 5.41) is 3.29. The van der Waals surface area contributed by atoms with Gasteiger partial charge in [-0.05, 0) is 19.4 Å². The molecule has 4 heteroatoms. The van der Waals surface area contributed by atoms with E-state index in [2.05, 4.69) is 17.2 Å². The first-order chi connectivity index (χ1) is 8.27. The van der Waals surface area contributed by atoms with Crippen LogP contribution >= 0.6 is 0 Å². The molecule has 0 aromatic carbocycles. The normalized spacial score (nSPS) is 10.3. The van der Waals surface area contributed by atoms with Gasteiger partial charge in [-0.2, -0.15) is 0 Å². The van der Waals surface area contributed by atoms with Crippen molar-refractivity contribution >= 4 is 5.69 Å². The fourth-order valence-electron chi connectivity index (χ4n) is 1.45. The summed E-state index contributed by atoms with van der Waals surface area (Å²) in [5.74, 6) is 0.768. The Morgan fingerprint density at radius 1 is 1.35 bits per heavy atom. The smallest absolute Gasteiger partial charge is 0.160 e. The van der Waals surface area contributed by atoms with Gasteiger partial charge in [0.1, 0.15) is 0 Å². The van der Waals surface area contributed by atoms with Crippen molar-refractivity contribution in [2.45, 2.75) is 26.7 Å². The lowest BCUT2D eigenvalue weighted by Crippen LogP contribution is -2.11. The van der Waals surface area contributed by atoms with Crippen molar-refractivity contribution in [1.29, 1.82) is 0 Å². The molecule has 1 N–H and O–H groups in total. The summed E-state index contributed by atoms with van der Waals surface area (Å²) < 4.78 is 10.7. The van der Waals surface area contributed by atoms with Crippen molar-refractivity contribution in [2.75, 3.05) is 32.2 Å². The van der Waals surface area contributed by atoms with Gasteiger partial charge >= 0.3 is 0 Å². The van der Waals surface area contributed by atoms with E-state index in [1.807, 2.05) is 13.0 Å². The van der Waals surface area contributed by atoms with Crippen LogP contribution in [-0.4, -0.2) is 31.9 Å². The van der Waals surface area contributed by atoms with Crippen LogP contribution < -0.4 is 10.1 Å². The third-order valence-electron chi connectivity index (χ3n) is 2.43. The van der Waals surface area contributed by atoms with Gasteiger partial charge in [-0.3, -0.25) is 4.98 Å². The zero-order valence-electron chi connectivity index (χ0n) is 11.0. The maximum absolute atomic E-state index is 5.48. The Morgan fingerprint density at radius 2 is 2.18 bits per heavy atom. The standard InChI is InChI=1S/C13H22N2O2/c1-4-5-7-17-8-6-14-12-9-11(2)15-10-13(12)16-3/h9-10H,4-8H2,1-3H3,(H,14,15). The van der Waals surface area contributed by atoms with Crippen molar-refractivity contribution < 1.29 is 9.47 Å². The van der Waals surface area contributed by atoms with E-state index in [0.717, 1.165) is 36.7 Å². The summed E-state index contributed by atoms with van der Waals surface area (Å²) in [6, 6.07) is 1.98. The lowest BCUT2D eigenvalue weighted by molar-refractivity contribution is 0.141. The molecule has 0 aliphatic rings. The van der Waals surface area contributed by atoms with Crippen LogP contribution in [0.4, 0.5) is 5.69 Å². The highest BCUT2D eigenvalue weighted by Crippen LogP contribution is 2.22. The van der Waals surface area contributed by atoms with Gasteiger partial charge < -0.3 is 14.8 Å². The van der Waals surface area contributed by atoms with Gasteiger partial charge in [0.15, 0.2) is 5.75 Å². The number of aryl methyl sites for hydroxylation is 1. The highest BCUT2D eigenvalue weighted by Gasteiger charge is 2.02. The number of rotatable bonds is 8. The first kappa shape index (κ1) is 13.8. The number of hydrogen-bond donors (Lipinski definition) is 1. The number of anilines is 1. The summed E-state index contributed by atoms with van der Waals surface area (Å²) in [6.45, 7) is 6.45. The van der Waals surface area contributed by atoms with E-state index < -0.39 is 0 Å². The molecule has 0 fully saturated rings. The number of nitrogens with one attached hydrogen (secondary N) is 1. The quantitative estimate of drug-likeness (QED) is 0.707. The van der Waals surface area contributed by atoms with Crippen molar-refractivity contribution in [2.24, 2.45) is 0 Å². The Balaban J connectivity index is 2.32. The summed E-state index contributed by atoms with van der Waals surface area (Å²) in [7, 11) is 1.65. The zero-order chi connectivity index (χ0) is 12.5. The van der Waals surface area contributed by atoms with Crippen LogP contribution in [0.15, 0.2) is 12.3 Å². The number of aromatic nitrogens is 1. The molecule has 4 nitrogen and oxygen atoms in total. The summed E-state index contributed by atoms with van der Waals surface area (Å²) in [6.07, 6.45) is 4.03. The molecule has 1 aromatic rings. The number of hydrogen-bond acceptors (Lipinski definition) is 4. The van der Waals surface area contributed by atoms with Gasteiger partial charge in [0.2, 0.25) is 0 Å². The first-order valence-electron chi connectivity index (χ1n) is 6.10. The Morgan fingerprint density at radius 3 is 2.88 bits per heavy atom. The third kappa shape index (κ3) is 5.04. The molecule has 96 valence electrons. The lowest BCUT2D eigenvalue weighted by atomic mass is 10.3. The number of ether oxygens (including phenoxy) is 2. The minimum Gasteiger partial charge on any atom is -0.493 e. The molecule has 0 aliphatic heterocycles. The SMILES string of the molecule is CCCCOCCNc1cc(C)ncc1OC. The number of methoxy groups -OCH3 is 1. The number of nitrogens with zero attached hydrogens (tertiary/aromatic N) is 1. The van der Waals surface area contributed by atoms with Gasteiger partial charge in [-0.25, -0.2) is 0 Å². The average Bonchev–Trinajstić information content (AvgIpc) is 2.34. The van der Waals surface area contributed by atoms with E-state index in [-0.39, 0.29) is 0 Å². The molecule has 0 saturated heterocycles. The molecule has 0 aliphatic carbocycles. The molecule has 1 rings (SSSR count). The fraction of sp³-hybridized carbons (Fsp3) is 0.615. The summed E-state index contributed by atoms with van der Waals surface area (Å²) in [5.41, 5.74) is 1.94. The maximum atomic E-state index is 5.48. The highest BCUT2D eigenvalue weighted by atomic mass is 16.5. The maximum Gasteiger partial charge on any atom is 0.160 e. The summed E-state index contributed by atoms with van der Waals surface area (Å²) >= 11 is 0. The van der Waals surface area contributed by atoms with E-state index in [9.17, 15) is 0 Å². The Hall–Kier alpha value is -1.29. The largest absolute Gasteiger partial charge is 0.493 e. The average molecular weight is 238 g/mol. The predicted molar refractivity (Wildman–Crippen MR) is 69.7 cm³/mol. The van der Waals surface area contributed by atoms with Gasteiger partial charge in [-0.15, -0.1) is 0 Å². The van der Waals surface area contributed by atoms with Gasteiger partial charge in [0.05, 0.1) is 25.6 Å². The number of pyridine rings is 1. The van der Waals surface area contributed by atoms with Crippen LogP contribution in [-0.2, 0) is 4.74 Å². The van der Waals surface area contributed by atoms with Crippen LogP contribution in [0.3, 0.4) is 0 Å². The molecule has 0 atom stereocenters. The predicted octanol–water partition coefficient (Wildman–Crippen LogP) is 2.63. The summed E-state index contributed by atoms with van der Waals surface area (Å²) in [4.78, 5) is 4.18. The minimum atomic E-state index is 0.713. The van der Waals surface area contributed by atoms with Crippen molar-refractivity contribution in [3.05, 3.63) is 18.0 Å². The molecule has 0 saturated carbocycles. The minimum absolute atomic E-state index is 0.713. The van der Waals surface area contributed by atoms with Crippen molar-refractivity contribution in [3.8, 4) is 5.75 Å². The van der Waals surface area contributed by atoms with Crippen molar-refractivity contribution in [1.82, 2.24) is 4.98 Å². The molecule has 1 aromatic heterocycles. The fourth-order valence-corrected chi connectivity index (χ4v) is 1.45. The van der Waals surface area contributed by atoms with E-state index in [1.165, 1.54) is 6.42 Å². The Kier molecular flexibility index (Phi) is 6.40. The van der Waals surface area contributed by atoms with Crippen LogP contribution in [0.25, 0.3) is 0 Å². The third-order valence-corrected chi connectivity index (χ3v) is 2.43. The Labute approximate surface area is 103 Å². The van der Waals surface area contributed by atoms with Crippen LogP contribution in [0.2, 0.25) is 0 Å². The first-order valence-corrected chi connectivity index (χ1v) is 6.10. The number of unbranched alkanes of at least 4 members (excludes halogenated alkanes) is 1. The molecule has 0 radical (unpaired) electrons. The van der Waals surface area contributed by atoms with Gasteiger partial charge in [0.25, 0.3) is 0 Å². The molecule has 1 heterocycles. The van der Waals surface area contributed by atoms with Crippen LogP contribution in [0, 0.1) is 6.92 Å². The highest BCUT2D eigenvalue weighted by molar-refractivity contribution is 5.55. The van der Waals surface area contributed by atoms with E-state index in [1.54, 1.807) is 13.3 Å². The molecular formula is C13H22N2O2. The zero-order valence-corrected chi connectivity index (χ0v) is 11.0. The Bertz CT molecular complexity index is 329. The second-order valence-corrected chi connectivity index (χ2v) is 3.92. The van der Waals surface area contributed by atoms with Crippen molar-refractivity contribution in [3.63, 3.8) is 0 Å². The van der Waals surface area contributed by atoms with E-state index >= 15 is 0 Å². The second kappa shape index (κ2) is 7.90. The van der Waals surface area contributed by atoms with Gasteiger partial charge in [0, 0.05) is 18.8 Å². The molecule has 0 unspecified atom stereocenters. The molecule has 0 spiro atoms. The molecule has 0 bridgehead atoms.